The number of aliphatic hydroxyl groups is 1. The number of nitrogens with one attached hydrogen (secondary N) is 1. The van der Waals surface area contributed by atoms with E-state index in [4.69, 9.17) is 9.84 Å². The van der Waals surface area contributed by atoms with Gasteiger partial charge in [0, 0.05) is 38.9 Å². The quantitative estimate of drug-likeness (QED) is 0.817. The molecule has 0 spiro atoms. The standard InChI is InChI=1S/C17H28N4O3/c1-4-20(7-8-22)17(23)19-10-15-5-6-16(18-9-15)21-11-13(2)24-14(3)12-21/h5-6,9,13-14,22H,4,7-8,10-12H2,1-3H3,(H,19,23)/t13-,14+. The first kappa shape index (κ1) is 18.5. The Labute approximate surface area is 143 Å². The van der Waals surface area contributed by atoms with E-state index in [1.165, 1.54) is 0 Å². The molecule has 2 heterocycles. The maximum Gasteiger partial charge on any atom is 0.317 e. The topological polar surface area (TPSA) is 77.9 Å². The van der Waals surface area contributed by atoms with Gasteiger partial charge in [-0.25, -0.2) is 9.78 Å². The predicted molar refractivity (Wildman–Crippen MR) is 93.0 cm³/mol. The van der Waals surface area contributed by atoms with E-state index in [1.54, 1.807) is 11.1 Å². The number of urea groups is 1. The van der Waals surface area contributed by atoms with Crippen molar-refractivity contribution in [2.75, 3.05) is 37.7 Å². The average Bonchev–Trinajstić information content (AvgIpc) is 2.57. The molecule has 7 nitrogen and oxygen atoms in total. The summed E-state index contributed by atoms with van der Waals surface area (Å²) >= 11 is 0. The van der Waals surface area contributed by atoms with Gasteiger partial charge in [0.1, 0.15) is 5.82 Å². The highest BCUT2D eigenvalue weighted by Crippen LogP contribution is 2.18. The fourth-order valence-corrected chi connectivity index (χ4v) is 2.89. The number of nitrogens with zero attached hydrogens (tertiary/aromatic N) is 3. The fraction of sp³-hybridized carbons (Fsp3) is 0.647. The summed E-state index contributed by atoms with van der Waals surface area (Å²) in [6.45, 7) is 8.98. The summed E-state index contributed by atoms with van der Waals surface area (Å²) in [5.41, 5.74) is 0.946. The second-order valence-corrected chi connectivity index (χ2v) is 6.15. The first-order chi connectivity index (χ1) is 11.5. The summed E-state index contributed by atoms with van der Waals surface area (Å²) in [6.07, 6.45) is 2.19. The van der Waals surface area contributed by atoms with E-state index in [1.807, 2.05) is 19.1 Å². The average molecular weight is 336 g/mol. The van der Waals surface area contributed by atoms with Crippen LogP contribution in [0.25, 0.3) is 0 Å². The van der Waals surface area contributed by atoms with Crippen molar-refractivity contribution in [2.24, 2.45) is 0 Å². The lowest BCUT2D eigenvalue weighted by atomic mass is 10.2. The molecule has 1 aromatic heterocycles. The minimum Gasteiger partial charge on any atom is -0.395 e. The maximum atomic E-state index is 12.0. The molecule has 24 heavy (non-hydrogen) atoms. The van der Waals surface area contributed by atoms with Gasteiger partial charge in [-0.3, -0.25) is 0 Å². The Morgan fingerprint density at radius 3 is 2.67 bits per heavy atom. The number of aromatic nitrogens is 1. The van der Waals surface area contributed by atoms with Gasteiger partial charge in [-0.2, -0.15) is 0 Å². The Bertz CT molecular complexity index is 513. The Balaban J connectivity index is 1.89. The van der Waals surface area contributed by atoms with Crippen molar-refractivity contribution in [1.29, 1.82) is 0 Å². The second-order valence-electron chi connectivity index (χ2n) is 6.15. The molecule has 0 radical (unpaired) electrons. The molecule has 2 atom stereocenters. The van der Waals surface area contributed by atoms with Crippen LogP contribution in [-0.4, -0.2) is 66.0 Å². The van der Waals surface area contributed by atoms with E-state index in [9.17, 15) is 4.79 Å². The smallest absolute Gasteiger partial charge is 0.317 e. The predicted octanol–water partition coefficient (Wildman–Crippen LogP) is 1.22. The molecule has 1 saturated heterocycles. The van der Waals surface area contributed by atoms with Crippen LogP contribution in [0, 0.1) is 0 Å². The van der Waals surface area contributed by atoms with E-state index in [0.717, 1.165) is 24.5 Å². The van der Waals surface area contributed by atoms with Gasteiger partial charge in [-0.15, -0.1) is 0 Å². The van der Waals surface area contributed by atoms with Gasteiger partial charge in [0.05, 0.1) is 18.8 Å². The van der Waals surface area contributed by atoms with Crippen LogP contribution in [0.2, 0.25) is 0 Å². The van der Waals surface area contributed by atoms with Crippen LogP contribution in [-0.2, 0) is 11.3 Å². The molecular weight excluding hydrogens is 308 g/mol. The zero-order valence-electron chi connectivity index (χ0n) is 14.7. The monoisotopic (exact) mass is 336 g/mol. The lowest BCUT2D eigenvalue weighted by molar-refractivity contribution is -0.00546. The number of hydrogen-bond acceptors (Lipinski definition) is 5. The lowest BCUT2D eigenvalue weighted by Crippen LogP contribution is -2.45. The number of rotatable bonds is 6. The molecular formula is C17H28N4O3. The maximum absolute atomic E-state index is 12.0. The molecule has 2 rings (SSSR count). The van der Waals surface area contributed by atoms with Gasteiger partial charge < -0.3 is 25.0 Å². The molecule has 0 aromatic carbocycles. The number of hydrogen-bond donors (Lipinski definition) is 2. The third-order valence-electron chi connectivity index (χ3n) is 4.04. The highest BCUT2D eigenvalue weighted by molar-refractivity contribution is 5.74. The molecule has 1 fully saturated rings. The number of carbonyl (C=O) groups is 1. The van der Waals surface area contributed by atoms with E-state index < -0.39 is 0 Å². The van der Waals surface area contributed by atoms with Crippen LogP contribution in [0.1, 0.15) is 26.3 Å². The molecule has 0 bridgehead atoms. The third-order valence-corrected chi connectivity index (χ3v) is 4.04. The van der Waals surface area contributed by atoms with Crippen LogP contribution < -0.4 is 10.2 Å². The molecule has 1 aromatic rings. The molecule has 1 aliphatic rings. The van der Waals surface area contributed by atoms with Crippen LogP contribution >= 0.6 is 0 Å². The number of pyridine rings is 1. The summed E-state index contributed by atoms with van der Waals surface area (Å²) in [4.78, 5) is 20.3. The zero-order chi connectivity index (χ0) is 17.5. The summed E-state index contributed by atoms with van der Waals surface area (Å²) in [5.74, 6) is 0.933. The van der Waals surface area contributed by atoms with Gasteiger partial charge in [-0.1, -0.05) is 6.07 Å². The molecule has 0 aliphatic carbocycles. The molecule has 2 N–H and O–H groups in total. The second kappa shape index (κ2) is 8.84. The molecule has 134 valence electrons. The van der Waals surface area contributed by atoms with Gasteiger partial charge in [0.15, 0.2) is 0 Å². The lowest BCUT2D eigenvalue weighted by Gasteiger charge is -2.36. The molecule has 7 heteroatoms. The van der Waals surface area contributed by atoms with Crippen molar-refractivity contribution < 1.29 is 14.6 Å². The number of morpholine rings is 1. The number of likely N-dealkylation sites (N-methyl/N-ethyl adjacent to an activating group) is 1. The first-order valence-electron chi connectivity index (χ1n) is 8.52. The Morgan fingerprint density at radius 1 is 1.42 bits per heavy atom. The normalized spacial score (nSPS) is 20.8. The molecule has 0 saturated carbocycles. The Hall–Kier alpha value is -1.86. The van der Waals surface area contributed by atoms with Gasteiger partial charge >= 0.3 is 6.03 Å². The van der Waals surface area contributed by atoms with Gasteiger partial charge in [0.2, 0.25) is 0 Å². The van der Waals surface area contributed by atoms with Crippen LogP contribution in [0.4, 0.5) is 10.6 Å². The number of carbonyl (C=O) groups excluding carboxylic acids is 1. The number of amides is 2. The van der Waals surface area contributed by atoms with Crippen LogP contribution in [0.5, 0.6) is 0 Å². The molecule has 2 amide bonds. The minimum absolute atomic E-state index is 0.0338. The van der Waals surface area contributed by atoms with Crippen molar-refractivity contribution in [2.45, 2.75) is 39.5 Å². The summed E-state index contributed by atoms with van der Waals surface area (Å²) in [7, 11) is 0. The van der Waals surface area contributed by atoms with Crippen molar-refractivity contribution in [3.05, 3.63) is 23.9 Å². The van der Waals surface area contributed by atoms with Gasteiger partial charge in [0.25, 0.3) is 0 Å². The minimum atomic E-state index is -0.175. The zero-order valence-corrected chi connectivity index (χ0v) is 14.7. The van der Waals surface area contributed by atoms with Crippen LogP contribution in [0.15, 0.2) is 18.3 Å². The van der Waals surface area contributed by atoms with Crippen molar-refractivity contribution >= 4 is 11.8 Å². The van der Waals surface area contributed by atoms with E-state index >= 15 is 0 Å². The van der Waals surface area contributed by atoms with Gasteiger partial charge in [-0.05, 0) is 32.4 Å². The Kier molecular flexibility index (Phi) is 6.81. The number of anilines is 1. The largest absolute Gasteiger partial charge is 0.395 e. The highest BCUT2D eigenvalue weighted by Gasteiger charge is 2.23. The van der Waals surface area contributed by atoms with E-state index in [0.29, 0.717) is 19.6 Å². The van der Waals surface area contributed by atoms with E-state index in [2.05, 4.69) is 29.0 Å². The summed E-state index contributed by atoms with van der Waals surface area (Å²) in [5, 5.41) is 11.8. The fourth-order valence-electron chi connectivity index (χ4n) is 2.89. The number of aliphatic hydroxyl groups excluding tert-OH is 1. The molecule has 1 aliphatic heterocycles. The number of ether oxygens (including phenoxy) is 1. The van der Waals surface area contributed by atoms with Crippen molar-refractivity contribution in [3.63, 3.8) is 0 Å². The summed E-state index contributed by atoms with van der Waals surface area (Å²) in [6, 6.07) is 3.79. The first-order valence-corrected chi connectivity index (χ1v) is 8.52. The van der Waals surface area contributed by atoms with Crippen molar-refractivity contribution in [1.82, 2.24) is 15.2 Å². The highest BCUT2D eigenvalue weighted by atomic mass is 16.5. The summed E-state index contributed by atoms with van der Waals surface area (Å²) < 4.78 is 5.74. The third kappa shape index (κ3) is 5.07. The Morgan fingerprint density at radius 2 is 2.12 bits per heavy atom. The van der Waals surface area contributed by atoms with E-state index in [-0.39, 0.29) is 24.8 Å². The van der Waals surface area contributed by atoms with Crippen LogP contribution in [0.3, 0.4) is 0 Å². The SMILES string of the molecule is CCN(CCO)C(=O)NCc1ccc(N2C[C@@H](C)O[C@@H](C)C2)nc1. The molecule has 0 unspecified atom stereocenters. The van der Waals surface area contributed by atoms with Crippen molar-refractivity contribution in [3.8, 4) is 0 Å².